The molecule has 2 fully saturated rings. The monoisotopic (exact) mass is 320 g/mol. The van der Waals surface area contributed by atoms with Crippen molar-refractivity contribution in [1.82, 2.24) is 29.9 Å². The zero-order valence-electron chi connectivity index (χ0n) is 13.4. The molecule has 23 heavy (non-hydrogen) atoms. The topological polar surface area (TPSA) is 83.4 Å². The maximum Gasteiger partial charge on any atom is 0.246 e. The Hall–Kier alpha value is -1.96. The molecule has 3 rings (SSSR count). The van der Waals surface area contributed by atoms with Gasteiger partial charge in [0, 0.05) is 45.7 Å². The maximum atomic E-state index is 12.6. The molecule has 8 nitrogen and oxygen atoms in total. The van der Waals surface area contributed by atoms with E-state index in [2.05, 4.69) is 15.4 Å². The van der Waals surface area contributed by atoms with Crippen LogP contribution in [0.1, 0.15) is 25.7 Å². The number of hydrogen-bond donors (Lipinski definition) is 1. The van der Waals surface area contributed by atoms with Crippen LogP contribution in [0.15, 0.2) is 12.7 Å². The van der Waals surface area contributed by atoms with Gasteiger partial charge in [0.2, 0.25) is 11.8 Å². The first-order chi connectivity index (χ1) is 11.3. The molecule has 2 amide bonds. The Morgan fingerprint density at radius 2 is 2.04 bits per heavy atom. The minimum Gasteiger partial charge on any atom is -0.341 e. The molecule has 0 saturated carbocycles. The van der Waals surface area contributed by atoms with E-state index in [1.807, 2.05) is 4.90 Å². The van der Waals surface area contributed by atoms with Gasteiger partial charge in [0.1, 0.15) is 18.7 Å². The third kappa shape index (κ3) is 3.87. The normalized spacial score (nSPS) is 21.7. The molecule has 2 aliphatic heterocycles. The quantitative estimate of drug-likeness (QED) is 0.789. The number of piperazine rings is 1. The van der Waals surface area contributed by atoms with E-state index < -0.39 is 0 Å². The highest BCUT2D eigenvalue weighted by molar-refractivity contribution is 5.88. The number of aryl methyl sites for hydroxylation is 1. The fourth-order valence-corrected chi connectivity index (χ4v) is 3.26. The Kier molecular flexibility index (Phi) is 5.22. The van der Waals surface area contributed by atoms with Crippen molar-refractivity contribution in [2.24, 2.45) is 0 Å². The first kappa shape index (κ1) is 15.9. The van der Waals surface area contributed by atoms with Crippen molar-refractivity contribution in [2.75, 3.05) is 32.7 Å². The first-order valence-corrected chi connectivity index (χ1v) is 8.37. The summed E-state index contributed by atoms with van der Waals surface area (Å²) in [6.07, 6.45) is 6.41. The standard InChI is InChI=1S/C15H24N6O2/c22-14(4-3-8-20-12-17-11-18-20)21-9-5-16-10-13(21)15(23)19-6-1-2-7-19/h11-13,16H,1-10H2/t13-/m1/s1. The Balaban J connectivity index is 1.54. The first-order valence-electron chi connectivity index (χ1n) is 8.37. The number of aromatic nitrogens is 3. The van der Waals surface area contributed by atoms with E-state index in [1.165, 1.54) is 6.33 Å². The molecule has 0 radical (unpaired) electrons. The molecule has 3 heterocycles. The van der Waals surface area contributed by atoms with Crippen molar-refractivity contribution in [3.8, 4) is 0 Å². The summed E-state index contributed by atoms with van der Waals surface area (Å²) >= 11 is 0. The van der Waals surface area contributed by atoms with Crippen LogP contribution >= 0.6 is 0 Å². The van der Waals surface area contributed by atoms with Gasteiger partial charge in [-0.15, -0.1) is 0 Å². The number of nitrogens with one attached hydrogen (secondary N) is 1. The van der Waals surface area contributed by atoms with Gasteiger partial charge in [0.05, 0.1) is 0 Å². The maximum absolute atomic E-state index is 12.6. The van der Waals surface area contributed by atoms with Crippen LogP contribution in [-0.4, -0.2) is 75.1 Å². The summed E-state index contributed by atoms with van der Waals surface area (Å²) in [6.45, 7) is 4.23. The second kappa shape index (κ2) is 7.54. The van der Waals surface area contributed by atoms with Gasteiger partial charge in [-0.05, 0) is 19.3 Å². The highest BCUT2D eigenvalue weighted by Gasteiger charge is 2.35. The SMILES string of the molecule is O=C([C@H]1CNCCN1C(=O)CCCn1cncn1)N1CCCC1. The number of hydrogen-bond acceptors (Lipinski definition) is 5. The predicted octanol–water partition coefficient (Wildman–Crippen LogP) is -0.519. The van der Waals surface area contributed by atoms with Gasteiger partial charge >= 0.3 is 0 Å². The molecule has 1 aromatic heterocycles. The molecular weight excluding hydrogens is 296 g/mol. The zero-order chi connectivity index (χ0) is 16.1. The highest BCUT2D eigenvalue weighted by atomic mass is 16.2. The van der Waals surface area contributed by atoms with Crippen LogP contribution in [-0.2, 0) is 16.1 Å². The second-order valence-electron chi connectivity index (χ2n) is 6.10. The van der Waals surface area contributed by atoms with Gasteiger partial charge in [0.25, 0.3) is 0 Å². The Labute approximate surface area is 135 Å². The summed E-state index contributed by atoms with van der Waals surface area (Å²) in [7, 11) is 0. The van der Waals surface area contributed by atoms with Gasteiger partial charge in [-0.1, -0.05) is 0 Å². The van der Waals surface area contributed by atoms with Crippen molar-refractivity contribution in [3.63, 3.8) is 0 Å². The average Bonchev–Trinajstić information content (AvgIpc) is 3.27. The van der Waals surface area contributed by atoms with Crippen molar-refractivity contribution in [2.45, 2.75) is 38.3 Å². The number of nitrogens with zero attached hydrogens (tertiary/aromatic N) is 5. The molecule has 126 valence electrons. The fourth-order valence-electron chi connectivity index (χ4n) is 3.26. The van der Waals surface area contributed by atoms with Crippen LogP contribution in [0.4, 0.5) is 0 Å². The molecule has 0 bridgehead atoms. The van der Waals surface area contributed by atoms with Crippen molar-refractivity contribution >= 4 is 11.8 Å². The zero-order valence-corrected chi connectivity index (χ0v) is 13.4. The van der Waals surface area contributed by atoms with Gasteiger partial charge < -0.3 is 15.1 Å². The van der Waals surface area contributed by atoms with Crippen LogP contribution in [0.25, 0.3) is 0 Å². The molecule has 1 N–H and O–H groups in total. The molecule has 0 unspecified atom stereocenters. The molecular formula is C15H24N6O2. The van der Waals surface area contributed by atoms with E-state index in [0.717, 1.165) is 32.5 Å². The lowest BCUT2D eigenvalue weighted by molar-refractivity contribution is -0.146. The van der Waals surface area contributed by atoms with Crippen LogP contribution < -0.4 is 5.32 Å². The lowest BCUT2D eigenvalue weighted by atomic mass is 10.1. The number of carbonyl (C=O) groups excluding carboxylic acids is 2. The average molecular weight is 320 g/mol. The number of carbonyl (C=O) groups is 2. The van der Waals surface area contributed by atoms with Crippen molar-refractivity contribution in [1.29, 1.82) is 0 Å². The van der Waals surface area contributed by atoms with Crippen LogP contribution in [0.3, 0.4) is 0 Å². The van der Waals surface area contributed by atoms with Crippen molar-refractivity contribution < 1.29 is 9.59 Å². The molecule has 0 aromatic carbocycles. The summed E-state index contributed by atoms with van der Waals surface area (Å²) in [4.78, 5) is 32.7. The second-order valence-corrected chi connectivity index (χ2v) is 6.10. The molecule has 1 aromatic rings. The molecule has 2 saturated heterocycles. The third-order valence-corrected chi connectivity index (χ3v) is 4.51. The summed E-state index contributed by atoms with van der Waals surface area (Å²) in [6, 6.07) is -0.347. The lowest BCUT2D eigenvalue weighted by Gasteiger charge is -2.37. The predicted molar refractivity (Wildman–Crippen MR) is 83.4 cm³/mol. The minimum absolute atomic E-state index is 0.0594. The molecule has 8 heteroatoms. The summed E-state index contributed by atoms with van der Waals surface area (Å²) < 4.78 is 1.72. The van der Waals surface area contributed by atoms with Gasteiger partial charge in [-0.25, -0.2) is 4.98 Å². The molecule has 0 aliphatic carbocycles. The van der Waals surface area contributed by atoms with Crippen LogP contribution in [0.2, 0.25) is 0 Å². The van der Waals surface area contributed by atoms with Crippen molar-refractivity contribution in [3.05, 3.63) is 12.7 Å². The third-order valence-electron chi connectivity index (χ3n) is 4.51. The Morgan fingerprint density at radius 3 is 2.78 bits per heavy atom. The highest BCUT2D eigenvalue weighted by Crippen LogP contribution is 2.15. The largest absolute Gasteiger partial charge is 0.341 e. The molecule has 0 spiro atoms. The number of likely N-dealkylation sites (tertiary alicyclic amines) is 1. The summed E-state index contributed by atoms with van der Waals surface area (Å²) in [5, 5.41) is 7.27. The Morgan fingerprint density at radius 1 is 1.22 bits per heavy atom. The van der Waals surface area contributed by atoms with Gasteiger partial charge in [-0.3, -0.25) is 14.3 Å². The van der Waals surface area contributed by atoms with E-state index in [9.17, 15) is 9.59 Å². The van der Waals surface area contributed by atoms with E-state index in [4.69, 9.17) is 0 Å². The van der Waals surface area contributed by atoms with E-state index in [-0.39, 0.29) is 17.9 Å². The Bertz CT molecular complexity index is 526. The summed E-state index contributed by atoms with van der Waals surface area (Å²) in [5.41, 5.74) is 0. The minimum atomic E-state index is -0.347. The van der Waals surface area contributed by atoms with Crippen LogP contribution in [0.5, 0.6) is 0 Å². The van der Waals surface area contributed by atoms with E-state index in [0.29, 0.717) is 32.5 Å². The smallest absolute Gasteiger partial charge is 0.246 e. The fraction of sp³-hybridized carbons (Fsp3) is 0.733. The van der Waals surface area contributed by atoms with E-state index in [1.54, 1.807) is 15.9 Å². The molecule has 2 aliphatic rings. The molecule has 1 atom stereocenters. The lowest BCUT2D eigenvalue weighted by Crippen LogP contribution is -2.59. The number of amides is 2. The van der Waals surface area contributed by atoms with E-state index >= 15 is 0 Å². The van der Waals surface area contributed by atoms with Gasteiger partial charge in [0.15, 0.2) is 0 Å². The van der Waals surface area contributed by atoms with Crippen LogP contribution in [0, 0.1) is 0 Å². The number of rotatable bonds is 5. The summed E-state index contributed by atoms with van der Waals surface area (Å²) in [5.74, 6) is 0.156. The van der Waals surface area contributed by atoms with Gasteiger partial charge in [-0.2, -0.15) is 5.10 Å².